The second-order valence-electron chi connectivity index (χ2n) is 12.2. The van der Waals surface area contributed by atoms with Crippen LogP contribution in [0.4, 0.5) is 8.78 Å². The summed E-state index contributed by atoms with van der Waals surface area (Å²) in [6.07, 6.45) is -2.57. The predicted molar refractivity (Wildman–Crippen MR) is 188 cm³/mol. The molecular weight excluding hydrogens is 679 g/mol. The molecule has 1 aromatic heterocycles. The summed E-state index contributed by atoms with van der Waals surface area (Å²) in [6.45, 7) is 7.05. The molecule has 2 aliphatic heterocycles. The van der Waals surface area contributed by atoms with Crippen molar-refractivity contribution in [3.05, 3.63) is 77.4 Å². The minimum atomic E-state index is -2.68. The lowest BCUT2D eigenvalue weighted by atomic mass is 9.81. The molecule has 49 heavy (non-hydrogen) atoms. The third-order valence-electron chi connectivity index (χ3n) is 8.61. The Morgan fingerprint density at radius 1 is 0.898 bits per heavy atom. The van der Waals surface area contributed by atoms with Gasteiger partial charge in [-0.05, 0) is 25.0 Å². The number of amides is 1. The number of halogens is 4. The predicted octanol–water partition coefficient (Wildman–Crippen LogP) is 5.33. The van der Waals surface area contributed by atoms with E-state index in [-0.39, 0.29) is 72.6 Å². The summed E-state index contributed by atoms with van der Waals surface area (Å²) in [5.74, 6) is 0.595. The molecule has 2 atom stereocenters. The van der Waals surface area contributed by atoms with Crippen LogP contribution in [0.3, 0.4) is 0 Å². The van der Waals surface area contributed by atoms with Crippen molar-refractivity contribution in [2.75, 3.05) is 60.2 Å². The molecular formula is C35H47Cl2F2N5O5. The molecule has 10 nitrogen and oxygen atoms in total. The number of fused-ring (bicyclic) bond motifs is 1. The fraction of sp³-hybridized carbons (Fsp3) is 0.514. The van der Waals surface area contributed by atoms with Crippen LogP contribution in [0.1, 0.15) is 42.9 Å². The molecule has 14 heteroatoms. The van der Waals surface area contributed by atoms with Crippen LogP contribution < -0.4 is 14.2 Å². The van der Waals surface area contributed by atoms with E-state index in [1.165, 1.54) is 18.2 Å². The van der Waals surface area contributed by atoms with Crippen molar-refractivity contribution in [1.82, 2.24) is 24.7 Å². The van der Waals surface area contributed by atoms with Gasteiger partial charge in [-0.2, -0.15) is 9.97 Å². The molecule has 270 valence electrons. The van der Waals surface area contributed by atoms with Crippen LogP contribution in [0.2, 0.25) is 0 Å². The third-order valence-corrected chi connectivity index (χ3v) is 8.61. The van der Waals surface area contributed by atoms with Gasteiger partial charge in [0.05, 0.1) is 31.8 Å². The zero-order chi connectivity index (χ0) is 33.3. The Bertz CT molecular complexity index is 1410. The van der Waals surface area contributed by atoms with Gasteiger partial charge in [0.1, 0.15) is 0 Å². The van der Waals surface area contributed by atoms with Gasteiger partial charge in [-0.3, -0.25) is 14.6 Å². The number of methoxy groups -OCH3 is 2. The van der Waals surface area contributed by atoms with Crippen LogP contribution in [0.5, 0.6) is 17.8 Å². The van der Waals surface area contributed by atoms with Crippen molar-refractivity contribution in [3.8, 4) is 17.8 Å². The molecule has 2 fully saturated rings. The number of carbonyl (C=O) groups excluding carboxylic acids is 1. The first-order valence-corrected chi connectivity index (χ1v) is 16.1. The Balaban J connectivity index is 0.00000325. The fourth-order valence-electron chi connectivity index (χ4n) is 6.64. The van der Waals surface area contributed by atoms with E-state index in [1.807, 2.05) is 30.9 Å². The number of carbonyl (C=O) groups is 1. The zero-order valence-corrected chi connectivity index (χ0v) is 30.0. The molecule has 0 saturated carbocycles. The highest BCUT2D eigenvalue weighted by molar-refractivity contribution is 5.85. The van der Waals surface area contributed by atoms with Crippen LogP contribution in [0.15, 0.2) is 60.7 Å². The van der Waals surface area contributed by atoms with E-state index in [4.69, 9.17) is 18.9 Å². The zero-order valence-electron chi connectivity index (χ0n) is 28.4. The average molecular weight is 727 g/mol. The second kappa shape index (κ2) is 19.2. The highest BCUT2D eigenvalue weighted by atomic mass is 35.5. The van der Waals surface area contributed by atoms with Gasteiger partial charge in [0, 0.05) is 64.4 Å². The van der Waals surface area contributed by atoms with Crippen LogP contribution in [-0.4, -0.2) is 115 Å². The standard InChI is InChI=1S/C35H45F2N5O5.2ClH/c1-24(2)47-34-28(33(45-4)38-35(39-34)46-23-30(36)37)21-40-19-27-20-41(31(43)15-18-44-3)16-17-42(27)29(22-40)32(25-11-7-5-8-12-25)26-13-9-6-10-14-26;;/h5-14,24,27,29-30,32H,15-23H2,1-4H3;2*1H. The lowest BCUT2D eigenvalue weighted by Crippen LogP contribution is -2.67. The van der Waals surface area contributed by atoms with Crippen molar-refractivity contribution in [3.63, 3.8) is 0 Å². The summed E-state index contributed by atoms with van der Waals surface area (Å²) in [5.41, 5.74) is 3.04. The van der Waals surface area contributed by atoms with E-state index in [0.717, 1.165) is 6.54 Å². The summed E-state index contributed by atoms with van der Waals surface area (Å²) in [6, 6.07) is 21.0. The molecule has 0 radical (unpaired) electrons. The van der Waals surface area contributed by atoms with E-state index in [0.29, 0.717) is 51.3 Å². The summed E-state index contributed by atoms with van der Waals surface area (Å²) < 4.78 is 48.0. The smallest absolute Gasteiger partial charge is 0.323 e. The Hall–Kier alpha value is -3.29. The van der Waals surface area contributed by atoms with Gasteiger partial charge < -0.3 is 23.8 Å². The first-order chi connectivity index (χ1) is 22.8. The van der Waals surface area contributed by atoms with Gasteiger partial charge in [-0.1, -0.05) is 60.7 Å². The lowest BCUT2D eigenvalue weighted by Gasteiger charge is -2.53. The number of aromatic nitrogens is 2. The number of rotatable bonds is 14. The number of alkyl halides is 2. The van der Waals surface area contributed by atoms with Crippen molar-refractivity contribution in [1.29, 1.82) is 0 Å². The van der Waals surface area contributed by atoms with E-state index in [1.54, 1.807) is 7.11 Å². The van der Waals surface area contributed by atoms with Gasteiger partial charge >= 0.3 is 6.01 Å². The molecule has 1 amide bonds. The third kappa shape index (κ3) is 10.4. The second-order valence-corrected chi connectivity index (χ2v) is 12.2. The monoisotopic (exact) mass is 725 g/mol. The molecule has 0 aliphatic carbocycles. The molecule has 3 aromatic rings. The summed E-state index contributed by atoms with van der Waals surface area (Å²) in [7, 11) is 3.09. The van der Waals surface area contributed by atoms with Crippen LogP contribution in [0, 0.1) is 0 Å². The van der Waals surface area contributed by atoms with Crippen LogP contribution in [0.25, 0.3) is 0 Å². The van der Waals surface area contributed by atoms with Gasteiger partial charge in [0.15, 0.2) is 6.61 Å². The molecule has 0 N–H and O–H groups in total. The minimum absolute atomic E-state index is 0. The summed E-state index contributed by atoms with van der Waals surface area (Å²) in [5, 5.41) is 0. The van der Waals surface area contributed by atoms with E-state index >= 15 is 0 Å². The van der Waals surface area contributed by atoms with Crippen molar-refractivity contribution >= 4 is 30.7 Å². The molecule has 5 rings (SSSR count). The topological polar surface area (TPSA) is 89.5 Å². The Morgan fingerprint density at radius 3 is 2.10 bits per heavy atom. The number of piperazine rings is 2. The van der Waals surface area contributed by atoms with Crippen molar-refractivity contribution in [2.24, 2.45) is 0 Å². The summed E-state index contributed by atoms with van der Waals surface area (Å²) in [4.78, 5) is 28.7. The SMILES string of the molecule is COCCC(=O)N1CCN2C(CN(Cc3c(OC)nc(OCC(F)F)nc3OC(C)C)CC2C(c2ccccc2)c2ccccc2)C1.Cl.Cl. The van der Waals surface area contributed by atoms with Gasteiger partial charge in [0.25, 0.3) is 6.43 Å². The van der Waals surface area contributed by atoms with Crippen LogP contribution >= 0.6 is 24.8 Å². The number of hydrogen-bond donors (Lipinski definition) is 0. The average Bonchev–Trinajstić information content (AvgIpc) is 3.07. The van der Waals surface area contributed by atoms with Gasteiger partial charge in [-0.15, -0.1) is 24.8 Å². The lowest BCUT2D eigenvalue weighted by molar-refractivity contribution is -0.137. The maximum atomic E-state index is 13.1. The molecule has 2 aliphatic rings. The molecule has 2 saturated heterocycles. The molecule has 2 unspecified atom stereocenters. The normalized spacial score (nSPS) is 18.1. The fourth-order valence-corrected chi connectivity index (χ4v) is 6.64. The summed E-state index contributed by atoms with van der Waals surface area (Å²) >= 11 is 0. The number of hydrogen-bond acceptors (Lipinski definition) is 9. The maximum Gasteiger partial charge on any atom is 0.323 e. The molecule has 3 heterocycles. The molecule has 0 spiro atoms. The van der Waals surface area contributed by atoms with Gasteiger partial charge in [0.2, 0.25) is 17.7 Å². The maximum absolute atomic E-state index is 13.1. The molecule has 0 bridgehead atoms. The first-order valence-electron chi connectivity index (χ1n) is 16.1. The van der Waals surface area contributed by atoms with Crippen LogP contribution in [-0.2, 0) is 16.1 Å². The first kappa shape index (κ1) is 40.1. The Labute approximate surface area is 299 Å². The van der Waals surface area contributed by atoms with E-state index in [9.17, 15) is 13.6 Å². The highest BCUT2D eigenvalue weighted by Gasteiger charge is 2.43. The quantitative estimate of drug-likeness (QED) is 0.219. The van der Waals surface area contributed by atoms with E-state index in [2.05, 4.69) is 68.3 Å². The number of benzene rings is 2. The van der Waals surface area contributed by atoms with Crippen molar-refractivity contribution in [2.45, 2.75) is 57.3 Å². The van der Waals surface area contributed by atoms with Gasteiger partial charge in [-0.25, -0.2) is 8.78 Å². The number of nitrogens with zero attached hydrogens (tertiary/aromatic N) is 5. The minimum Gasteiger partial charge on any atom is -0.481 e. The Kier molecular flexibility index (Phi) is 15.7. The largest absolute Gasteiger partial charge is 0.481 e. The number of ether oxygens (including phenoxy) is 4. The molecule has 2 aromatic carbocycles. The van der Waals surface area contributed by atoms with Crippen molar-refractivity contribution < 1.29 is 32.5 Å². The van der Waals surface area contributed by atoms with E-state index < -0.39 is 13.0 Å². The highest BCUT2D eigenvalue weighted by Crippen LogP contribution is 2.37. The Morgan fingerprint density at radius 2 is 1.53 bits per heavy atom.